The lowest BCUT2D eigenvalue weighted by molar-refractivity contribution is -0.0450. The van der Waals surface area contributed by atoms with E-state index in [2.05, 4.69) is 21.3 Å². The quantitative estimate of drug-likeness (QED) is 0.855. The molecule has 2 saturated heterocycles. The number of nitrogens with one attached hydrogen (secondary N) is 1. The van der Waals surface area contributed by atoms with Gasteiger partial charge in [-0.1, -0.05) is 12.1 Å². The average Bonchev–Trinajstić information content (AvgIpc) is 3.35. The van der Waals surface area contributed by atoms with E-state index in [1.807, 2.05) is 23.6 Å². The minimum absolute atomic E-state index is 0.0109. The molecular formula is C20H25N3O3S. The minimum Gasteiger partial charge on any atom is -0.481 e. The highest BCUT2D eigenvalue weighted by Crippen LogP contribution is 2.36. The topological polar surface area (TPSA) is 63.7 Å². The van der Waals surface area contributed by atoms with Gasteiger partial charge in [-0.05, 0) is 36.8 Å². The van der Waals surface area contributed by atoms with Gasteiger partial charge >= 0.3 is 0 Å². The summed E-state index contributed by atoms with van der Waals surface area (Å²) in [4.78, 5) is 19.7. The molecule has 6 nitrogen and oxygen atoms in total. The lowest BCUT2D eigenvalue weighted by Gasteiger charge is -2.38. The van der Waals surface area contributed by atoms with Crippen molar-refractivity contribution in [2.45, 2.75) is 37.5 Å². The molecule has 2 fully saturated rings. The molecule has 0 saturated carbocycles. The molecule has 0 aliphatic carbocycles. The summed E-state index contributed by atoms with van der Waals surface area (Å²) in [5, 5.41) is 5.05. The second-order valence-electron chi connectivity index (χ2n) is 7.29. The van der Waals surface area contributed by atoms with Gasteiger partial charge in [-0.15, -0.1) is 11.3 Å². The number of carbonyl (C=O) groups is 1. The summed E-state index contributed by atoms with van der Waals surface area (Å²) in [6.07, 6.45) is 4.63. The summed E-state index contributed by atoms with van der Waals surface area (Å²) in [6, 6.07) is 7.88. The van der Waals surface area contributed by atoms with E-state index in [-0.39, 0.29) is 17.6 Å². The van der Waals surface area contributed by atoms with E-state index in [4.69, 9.17) is 9.47 Å². The molecule has 2 aliphatic heterocycles. The number of aromatic nitrogens is 1. The van der Waals surface area contributed by atoms with Gasteiger partial charge in [0.15, 0.2) is 0 Å². The second-order valence-corrected chi connectivity index (χ2v) is 8.24. The van der Waals surface area contributed by atoms with Gasteiger partial charge in [0, 0.05) is 31.4 Å². The van der Waals surface area contributed by atoms with Crippen molar-refractivity contribution in [1.82, 2.24) is 15.2 Å². The summed E-state index contributed by atoms with van der Waals surface area (Å²) in [6.45, 7) is 3.40. The van der Waals surface area contributed by atoms with Gasteiger partial charge in [-0.2, -0.15) is 0 Å². The monoisotopic (exact) mass is 387 g/mol. The van der Waals surface area contributed by atoms with Crippen LogP contribution in [0.2, 0.25) is 0 Å². The van der Waals surface area contributed by atoms with E-state index in [1.165, 1.54) is 11.3 Å². The van der Waals surface area contributed by atoms with Crippen molar-refractivity contribution in [2.75, 3.05) is 26.8 Å². The first-order chi connectivity index (χ1) is 13.2. The van der Waals surface area contributed by atoms with Crippen LogP contribution in [0.5, 0.6) is 5.88 Å². The molecule has 1 N–H and O–H groups in total. The van der Waals surface area contributed by atoms with Gasteiger partial charge in [0.2, 0.25) is 5.88 Å². The number of thiophene rings is 1. The van der Waals surface area contributed by atoms with Crippen LogP contribution < -0.4 is 10.1 Å². The zero-order valence-electron chi connectivity index (χ0n) is 15.5. The molecule has 2 aliphatic rings. The smallest absolute Gasteiger partial charge is 0.261 e. The van der Waals surface area contributed by atoms with Crippen molar-refractivity contribution in [3.8, 4) is 5.88 Å². The molecule has 4 rings (SSSR count). The van der Waals surface area contributed by atoms with Crippen molar-refractivity contribution in [3.05, 3.63) is 46.3 Å². The average molecular weight is 388 g/mol. The summed E-state index contributed by atoms with van der Waals surface area (Å²) < 4.78 is 11.5. The number of piperidine rings is 1. The number of pyridine rings is 1. The maximum absolute atomic E-state index is 12.3. The van der Waals surface area contributed by atoms with Crippen LogP contribution in [0.25, 0.3) is 0 Å². The second kappa shape index (κ2) is 7.96. The predicted octanol–water partition coefficient (Wildman–Crippen LogP) is 2.71. The Morgan fingerprint density at radius 1 is 1.41 bits per heavy atom. The van der Waals surface area contributed by atoms with E-state index in [0.29, 0.717) is 12.5 Å². The predicted molar refractivity (Wildman–Crippen MR) is 104 cm³/mol. The van der Waals surface area contributed by atoms with Gasteiger partial charge < -0.3 is 14.8 Å². The number of rotatable bonds is 5. The SMILES string of the molecule is COc1ncccc1CN1CCC2(CC1)CC(NC(=O)c1cccs1)CO2. The first-order valence-corrected chi connectivity index (χ1v) is 10.2. The van der Waals surface area contributed by atoms with Crippen molar-refractivity contribution in [1.29, 1.82) is 0 Å². The first-order valence-electron chi connectivity index (χ1n) is 9.36. The van der Waals surface area contributed by atoms with E-state index < -0.39 is 0 Å². The van der Waals surface area contributed by atoms with Crippen LogP contribution in [0.1, 0.15) is 34.5 Å². The highest BCUT2D eigenvalue weighted by atomic mass is 32.1. The third-order valence-electron chi connectivity index (χ3n) is 5.49. The van der Waals surface area contributed by atoms with E-state index in [1.54, 1.807) is 13.3 Å². The van der Waals surface area contributed by atoms with Crippen LogP contribution in [-0.4, -0.2) is 54.2 Å². The molecule has 4 heterocycles. The van der Waals surface area contributed by atoms with Gasteiger partial charge in [0.25, 0.3) is 5.91 Å². The molecule has 7 heteroatoms. The Morgan fingerprint density at radius 2 is 2.26 bits per heavy atom. The van der Waals surface area contributed by atoms with E-state index >= 15 is 0 Å². The van der Waals surface area contributed by atoms with Gasteiger partial charge in [-0.25, -0.2) is 4.98 Å². The highest BCUT2D eigenvalue weighted by molar-refractivity contribution is 7.12. The number of likely N-dealkylation sites (tertiary alicyclic amines) is 1. The number of nitrogens with zero attached hydrogens (tertiary/aromatic N) is 2. The van der Waals surface area contributed by atoms with Gasteiger partial charge in [-0.3, -0.25) is 9.69 Å². The Labute approximate surface area is 163 Å². The molecule has 2 aromatic rings. The third-order valence-corrected chi connectivity index (χ3v) is 6.36. The Kier molecular flexibility index (Phi) is 5.43. The number of hydrogen-bond acceptors (Lipinski definition) is 6. The van der Waals surface area contributed by atoms with E-state index in [0.717, 1.165) is 49.3 Å². The zero-order chi connectivity index (χ0) is 18.7. The standard InChI is InChI=1S/C20H25N3O3S/c1-25-19-15(4-2-8-21-19)13-23-9-6-20(7-10-23)12-16(14-26-20)22-18(24)17-5-3-11-27-17/h2-5,8,11,16H,6-7,9-10,12-14H2,1H3,(H,22,24). The Bertz CT molecular complexity index is 773. The molecule has 144 valence electrons. The molecule has 2 aromatic heterocycles. The molecule has 1 spiro atoms. The number of amides is 1. The van der Waals surface area contributed by atoms with Crippen LogP contribution in [-0.2, 0) is 11.3 Å². The van der Waals surface area contributed by atoms with Crippen LogP contribution >= 0.6 is 11.3 Å². The normalized spacial score (nSPS) is 22.0. The lowest BCUT2D eigenvalue weighted by atomic mass is 9.87. The first kappa shape index (κ1) is 18.4. The van der Waals surface area contributed by atoms with Gasteiger partial charge in [0.05, 0.1) is 30.2 Å². The maximum atomic E-state index is 12.3. The minimum atomic E-state index is -0.0943. The Morgan fingerprint density at radius 3 is 3.00 bits per heavy atom. The number of carbonyl (C=O) groups excluding carboxylic acids is 1. The summed E-state index contributed by atoms with van der Waals surface area (Å²) in [5.74, 6) is 0.711. The van der Waals surface area contributed by atoms with Crippen LogP contribution in [0, 0.1) is 0 Å². The van der Waals surface area contributed by atoms with Crippen molar-refractivity contribution in [2.24, 2.45) is 0 Å². The summed E-state index contributed by atoms with van der Waals surface area (Å²) in [7, 11) is 1.66. The lowest BCUT2D eigenvalue weighted by Crippen LogP contribution is -2.44. The summed E-state index contributed by atoms with van der Waals surface area (Å²) in [5.41, 5.74) is 1.02. The molecule has 1 atom stereocenters. The molecule has 0 aromatic carbocycles. The fourth-order valence-corrected chi connectivity index (χ4v) is 4.66. The van der Waals surface area contributed by atoms with Crippen molar-refractivity contribution in [3.63, 3.8) is 0 Å². The molecule has 27 heavy (non-hydrogen) atoms. The number of hydrogen-bond donors (Lipinski definition) is 1. The van der Waals surface area contributed by atoms with Gasteiger partial charge in [0.1, 0.15) is 0 Å². The van der Waals surface area contributed by atoms with Crippen LogP contribution in [0.4, 0.5) is 0 Å². The van der Waals surface area contributed by atoms with Crippen LogP contribution in [0.3, 0.4) is 0 Å². The van der Waals surface area contributed by atoms with Crippen molar-refractivity contribution >= 4 is 17.2 Å². The van der Waals surface area contributed by atoms with Crippen LogP contribution in [0.15, 0.2) is 35.8 Å². The zero-order valence-corrected chi connectivity index (χ0v) is 16.3. The molecule has 1 amide bonds. The largest absolute Gasteiger partial charge is 0.481 e. The highest BCUT2D eigenvalue weighted by Gasteiger charge is 2.43. The summed E-state index contributed by atoms with van der Waals surface area (Å²) >= 11 is 1.47. The third kappa shape index (κ3) is 4.15. The van der Waals surface area contributed by atoms with E-state index in [9.17, 15) is 4.79 Å². The van der Waals surface area contributed by atoms with Crippen molar-refractivity contribution < 1.29 is 14.3 Å². The fourth-order valence-electron chi connectivity index (χ4n) is 4.04. The number of ether oxygens (including phenoxy) is 2. The Hall–Kier alpha value is -1.96. The molecule has 1 unspecified atom stereocenters. The Balaban J connectivity index is 1.29. The maximum Gasteiger partial charge on any atom is 0.261 e. The molecule has 0 radical (unpaired) electrons. The fraction of sp³-hybridized carbons (Fsp3) is 0.500. The molecular weight excluding hydrogens is 362 g/mol. The number of methoxy groups -OCH3 is 1. The molecule has 0 bridgehead atoms.